The summed E-state index contributed by atoms with van der Waals surface area (Å²) in [6.45, 7) is 5.32. The molecule has 11 nitrogen and oxygen atoms in total. The van der Waals surface area contributed by atoms with E-state index >= 15 is 0 Å². The van der Waals surface area contributed by atoms with Gasteiger partial charge in [-0.15, -0.1) is 13.2 Å². The molecule has 7 aromatic rings. The number of halogens is 4. The Morgan fingerprint density at radius 1 is 0.657 bits per heavy atom. The fourth-order valence-corrected chi connectivity index (χ4v) is 7.76. The molecule has 1 atom stereocenters. The number of hydrogen-bond donors (Lipinski definition) is 3. The van der Waals surface area contributed by atoms with E-state index in [1.807, 2.05) is 67.6 Å². The first-order valence-corrected chi connectivity index (χ1v) is 23.0. The first-order chi connectivity index (χ1) is 33.6. The summed E-state index contributed by atoms with van der Waals surface area (Å²) in [6, 6.07) is 42.6. The fraction of sp³-hybridized carbons (Fsp3) is 0.185. The Bertz CT molecular complexity index is 2920. The summed E-state index contributed by atoms with van der Waals surface area (Å²) in [5, 5.41) is 20.3. The van der Waals surface area contributed by atoms with Gasteiger partial charge in [-0.05, 0) is 108 Å². The smallest absolute Gasteiger partial charge is 0.492 e. The highest BCUT2D eigenvalue weighted by Gasteiger charge is 2.31. The molecule has 70 heavy (non-hydrogen) atoms. The van der Waals surface area contributed by atoms with Gasteiger partial charge in [0.05, 0.1) is 35.9 Å². The van der Waals surface area contributed by atoms with E-state index in [-0.39, 0.29) is 29.3 Å². The van der Waals surface area contributed by atoms with Crippen LogP contribution in [0, 0.1) is 13.8 Å². The molecule has 16 heteroatoms. The average Bonchev–Trinajstić information content (AvgIpc) is 3.50. The molecule has 0 radical (unpaired) electrons. The van der Waals surface area contributed by atoms with Crippen LogP contribution in [0.25, 0.3) is 22.3 Å². The molecule has 6 aromatic carbocycles. The minimum atomic E-state index is -4.74. The summed E-state index contributed by atoms with van der Waals surface area (Å²) >= 11 is 3.31. The van der Waals surface area contributed by atoms with Crippen molar-refractivity contribution >= 4 is 46.0 Å². The van der Waals surface area contributed by atoms with Crippen molar-refractivity contribution in [3.8, 4) is 45.3 Å². The molecule has 4 heterocycles. The standard InChI is InChI=1S/C22H17F3N2O3.C16H14O2.C9H7BrO2.C7H9BO2/c23-22(24,25)30-18-7-4-14(5-8-18)15-6-9-20-19(11-15)21(28)27-17(13-29-20)12-16-3-1-2-10-26-16;1-11-2-4-12(5-3-11)13-6-7-16-14(10-13)15(17)8-9-18-16;10-6-1-2-9-7(5-6)8(11)3-4-12-9;1-6-2-4-7(5-3-6)8(9)10/h1-11,17H,12-13H2,(H,27,28);2-7,10H,8-9H2,1H3;1-2,5H,3-4H2;2-5,9-10H,1H3. The number of carbonyl (C=O) groups excluding carboxylic acids is 3. The van der Waals surface area contributed by atoms with Crippen LogP contribution in [0.4, 0.5) is 13.2 Å². The number of fused-ring (bicyclic) bond motifs is 3. The largest absolute Gasteiger partial charge is 0.573 e. The zero-order valence-electron chi connectivity index (χ0n) is 38.0. The SMILES string of the molecule is Cc1ccc(-c2ccc3c(c2)C(=O)CCO3)cc1.Cc1ccc(B(O)O)cc1.O=C1CCOc2ccc(Br)cc21.O=C1NC(Cc2ccccn2)COc2ccc(-c3ccc(OC(F)(F)F)cc3)cc21. The number of ether oxygens (including phenoxy) is 4. The van der Waals surface area contributed by atoms with E-state index < -0.39 is 13.5 Å². The van der Waals surface area contributed by atoms with E-state index in [1.165, 1.54) is 29.8 Å². The van der Waals surface area contributed by atoms with Crippen LogP contribution >= 0.6 is 15.9 Å². The highest BCUT2D eigenvalue weighted by Crippen LogP contribution is 2.33. The molecule has 0 saturated heterocycles. The van der Waals surface area contributed by atoms with Crippen molar-refractivity contribution in [2.24, 2.45) is 0 Å². The summed E-state index contributed by atoms with van der Waals surface area (Å²) in [4.78, 5) is 40.2. The highest BCUT2D eigenvalue weighted by atomic mass is 79.9. The molecule has 358 valence electrons. The number of rotatable bonds is 6. The van der Waals surface area contributed by atoms with E-state index in [2.05, 4.69) is 62.2 Å². The number of aromatic nitrogens is 1. The summed E-state index contributed by atoms with van der Waals surface area (Å²) in [5.41, 5.74) is 9.00. The van der Waals surface area contributed by atoms with E-state index in [0.29, 0.717) is 89.6 Å². The number of amides is 1. The molecule has 0 saturated carbocycles. The normalized spacial score (nSPS) is 14.5. The lowest BCUT2D eigenvalue weighted by Crippen LogP contribution is -2.38. The maximum atomic E-state index is 12.7. The van der Waals surface area contributed by atoms with Gasteiger partial charge in [0, 0.05) is 35.6 Å². The van der Waals surface area contributed by atoms with Gasteiger partial charge in [-0.25, -0.2) is 0 Å². The Labute approximate surface area is 411 Å². The lowest BCUT2D eigenvalue weighted by molar-refractivity contribution is -0.274. The second kappa shape index (κ2) is 23.4. The molecule has 1 aromatic heterocycles. The van der Waals surface area contributed by atoms with Crippen LogP contribution in [0.5, 0.6) is 23.0 Å². The van der Waals surface area contributed by atoms with Gasteiger partial charge in [0.1, 0.15) is 29.6 Å². The van der Waals surface area contributed by atoms with Crippen LogP contribution in [0.15, 0.2) is 156 Å². The highest BCUT2D eigenvalue weighted by molar-refractivity contribution is 9.10. The molecule has 10 rings (SSSR count). The number of Topliss-reactive ketones (excluding diaryl/α,β-unsaturated/α-hetero) is 2. The van der Waals surface area contributed by atoms with E-state index in [9.17, 15) is 27.6 Å². The molecular weight excluding hydrogens is 968 g/mol. The Kier molecular flexibility index (Phi) is 16.9. The van der Waals surface area contributed by atoms with E-state index in [1.54, 1.807) is 42.6 Å². The molecule has 0 spiro atoms. The Hall–Kier alpha value is -7.27. The minimum absolute atomic E-state index is 0.164. The van der Waals surface area contributed by atoms with Gasteiger partial charge in [0.25, 0.3) is 5.91 Å². The lowest BCUT2D eigenvalue weighted by Gasteiger charge is -2.17. The van der Waals surface area contributed by atoms with Crippen LogP contribution in [-0.2, 0) is 6.42 Å². The van der Waals surface area contributed by atoms with Crippen molar-refractivity contribution in [1.29, 1.82) is 0 Å². The average molecular weight is 1020 g/mol. The number of benzene rings is 6. The summed E-state index contributed by atoms with van der Waals surface area (Å²) in [6.07, 6.45) is -1.55. The van der Waals surface area contributed by atoms with Crippen molar-refractivity contribution in [2.45, 2.75) is 45.5 Å². The molecule has 0 fully saturated rings. The fourth-order valence-electron chi connectivity index (χ4n) is 7.40. The first-order valence-electron chi connectivity index (χ1n) is 22.2. The van der Waals surface area contributed by atoms with Crippen molar-refractivity contribution in [3.63, 3.8) is 0 Å². The molecule has 3 aliphatic heterocycles. The second-order valence-electron chi connectivity index (χ2n) is 16.3. The van der Waals surface area contributed by atoms with Gasteiger partial charge in [-0.3, -0.25) is 19.4 Å². The van der Waals surface area contributed by atoms with Gasteiger partial charge < -0.3 is 34.3 Å². The molecule has 3 aliphatic rings. The summed E-state index contributed by atoms with van der Waals surface area (Å²) < 4.78 is 58.4. The molecule has 0 aliphatic carbocycles. The minimum Gasteiger partial charge on any atom is -0.492 e. The number of alkyl halides is 3. The monoisotopic (exact) mass is 1010 g/mol. The number of carbonyl (C=O) groups is 3. The quantitative estimate of drug-likeness (QED) is 0.137. The topological polar surface area (TPSA) is 154 Å². The van der Waals surface area contributed by atoms with Gasteiger partial charge >= 0.3 is 13.5 Å². The Balaban J connectivity index is 0.000000152. The van der Waals surface area contributed by atoms with Crippen LogP contribution in [0.3, 0.4) is 0 Å². The van der Waals surface area contributed by atoms with E-state index in [0.717, 1.165) is 26.9 Å². The van der Waals surface area contributed by atoms with Crippen LogP contribution in [-0.4, -0.2) is 71.8 Å². The van der Waals surface area contributed by atoms with E-state index in [4.69, 9.17) is 24.3 Å². The number of aryl methyl sites for hydroxylation is 2. The van der Waals surface area contributed by atoms with Crippen molar-refractivity contribution in [3.05, 3.63) is 190 Å². The third-order valence-corrected chi connectivity index (χ3v) is 11.6. The number of pyridine rings is 1. The number of nitrogens with zero attached hydrogens (tertiary/aromatic N) is 1. The first kappa shape index (κ1) is 50.6. The third-order valence-electron chi connectivity index (χ3n) is 11.1. The van der Waals surface area contributed by atoms with Crippen molar-refractivity contribution in [1.82, 2.24) is 10.3 Å². The Morgan fingerprint density at radius 3 is 1.73 bits per heavy atom. The summed E-state index contributed by atoms with van der Waals surface area (Å²) in [5.74, 6) is 1.62. The molecule has 0 bridgehead atoms. The Morgan fingerprint density at radius 2 is 1.17 bits per heavy atom. The van der Waals surface area contributed by atoms with Gasteiger partial charge in [0.15, 0.2) is 11.6 Å². The van der Waals surface area contributed by atoms with Gasteiger partial charge in [-0.1, -0.05) is 106 Å². The van der Waals surface area contributed by atoms with Crippen LogP contribution < -0.4 is 29.7 Å². The zero-order chi connectivity index (χ0) is 49.8. The second-order valence-corrected chi connectivity index (χ2v) is 17.3. The van der Waals surface area contributed by atoms with Crippen LogP contribution in [0.2, 0.25) is 0 Å². The maximum Gasteiger partial charge on any atom is 0.573 e. The third kappa shape index (κ3) is 14.2. The molecule has 1 unspecified atom stereocenters. The lowest BCUT2D eigenvalue weighted by atomic mass is 9.80. The number of ketones is 2. The van der Waals surface area contributed by atoms with Crippen molar-refractivity contribution in [2.75, 3.05) is 19.8 Å². The predicted molar refractivity (Wildman–Crippen MR) is 264 cm³/mol. The maximum absolute atomic E-state index is 12.7. The predicted octanol–water partition coefficient (Wildman–Crippen LogP) is 10.1. The van der Waals surface area contributed by atoms with Crippen molar-refractivity contribution < 1.29 is 56.6 Å². The molecule has 1 amide bonds. The van der Waals surface area contributed by atoms with Gasteiger partial charge in [0.2, 0.25) is 0 Å². The molecular formula is C54H47BBrF3N2O9. The molecule has 3 N–H and O–H groups in total. The number of nitrogens with one attached hydrogen (secondary N) is 1. The van der Waals surface area contributed by atoms with Gasteiger partial charge in [-0.2, -0.15) is 0 Å². The summed E-state index contributed by atoms with van der Waals surface area (Å²) in [7, 11) is -1.35. The zero-order valence-corrected chi connectivity index (χ0v) is 39.6. The number of hydrogen-bond acceptors (Lipinski definition) is 10. The van der Waals surface area contributed by atoms with Crippen LogP contribution in [0.1, 0.15) is 60.7 Å².